The molecule has 7 nitrogen and oxygen atoms in total. The topological polar surface area (TPSA) is 75.5 Å². The lowest BCUT2D eigenvalue weighted by atomic mass is 9.96. The second-order valence-electron chi connectivity index (χ2n) is 8.78. The van der Waals surface area contributed by atoms with Crippen LogP contribution in [-0.2, 0) is 11.2 Å². The molecule has 3 aromatic rings. The van der Waals surface area contributed by atoms with Crippen LogP contribution in [0.2, 0.25) is 0 Å². The maximum atomic E-state index is 13.1. The summed E-state index contributed by atoms with van der Waals surface area (Å²) in [4.78, 5) is 17.6. The normalized spacial score (nSPS) is 17.8. The van der Waals surface area contributed by atoms with Gasteiger partial charge in [-0.2, -0.15) is 5.10 Å². The number of hydrogen-bond donors (Lipinski definition) is 0. The van der Waals surface area contributed by atoms with E-state index >= 15 is 0 Å². The van der Waals surface area contributed by atoms with E-state index in [1.165, 1.54) is 4.68 Å². The average Bonchev–Trinajstić information content (AvgIpc) is 2.83. The van der Waals surface area contributed by atoms with Gasteiger partial charge in [-0.15, -0.1) is 0 Å². The van der Waals surface area contributed by atoms with Crippen molar-refractivity contribution in [3.63, 3.8) is 0 Å². The summed E-state index contributed by atoms with van der Waals surface area (Å²) in [5, 5.41) is 4.64. The lowest BCUT2D eigenvalue weighted by molar-refractivity contribution is -0.0428. The highest BCUT2D eigenvalue weighted by atomic mass is 16.5. The fourth-order valence-electron chi connectivity index (χ4n) is 4.75. The van der Waals surface area contributed by atoms with E-state index in [1.54, 1.807) is 6.20 Å². The number of aromatic nitrogens is 3. The summed E-state index contributed by atoms with van der Waals surface area (Å²) in [5.74, 6) is 2.14. The minimum atomic E-state index is -0.275. The maximum absolute atomic E-state index is 13.1. The Kier molecular flexibility index (Phi) is 5.89. The van der Waals surface area contributed by atoms with Gasteiger partial charge in [-0.3, -0.25) is 4.79 Å². The van der Waals surface area contributed by atoms with Crippen LogP contribution in [0.3, 0.4) is 0 Å². The molecule has 0 N–H and O–H groups in total. The smallest absolute Gasteiger partial charge is 0.272 e. The van der Waals surface area contributed by atoms with E-state index in [2.05, 4.69) is 10.1 Å². The van der Waals surface area contributed by atoms with Gasteiger partial charge in [-0.05, 0) is 82.2 Å². The zero-order valence-electron chi connectivity index (χ0n) is 19.4. The first kappa shape index (κ1) is 21.6. The van der Waals surface area contributed by atoms with Crippen LogP contribution in [0.4, 0.5) is 0 Å². The molecule has 1 unspecified atom stereocenters. The first-order valence-electron chi connectivity index (χ1n) is 11.6. The minimum absolute atomic E-state index is 0.0951. The van der Waals surface area contributed by atoms with Crippen molar-refractivity contribution in [2.45, 2.75) is 59.1 Å². The number of pyridine rings is 1. The van der Waals surface area contributed by atoms with Crippen LogP contribution in [-0.4, -0.2) is 28.0 Å². The molecule has 0 spiro atoms. The molecule has 172 valence electrons. The Morgan fingerprint density at radius 3 is 2.76 bits per heavy atom. The summed E-state index contributed by atoms with van der Waals surface area (Å²) in [6, 6.07) is 7.78. The van der Waals surface area contributed by atoms with Crippen molar-refractivity contribution in [2.75, 3.05) is 13.2 Å². The Labute approximate surface area is 193 Å². The Morgan fingerprint density at radius 1 is 1.09 bits per heavy atom. The predicted octanol–water partition coefficient (Wildman–Crippen LogP) is 5.05. The van der Waals surface area contributed by atoms with Crippen LogP contribution >= 0.6 is 0 Å². The van der Waals surface area contributed by atoms with Crippen LogP contribution in [0.25, 0.3) is 11.1 Å². The van der Waals surface area contributed by atoms with Gasteiger partial charge in [0.1, 0.15) is 11.5 Å². The van der Waals surface area contributed by atoms with Crippen LogP contribution in [0, 0.1) is 20.8 Å². The number of ether oxygens (including phenoxy) is 3. The molecule has 33 heavy (non-hydrogen) atoms. The van der Waals surface area contributed by atoms with Gasteiger partial charge >= 0.3 is 0 Å². The van der Waals surface area contributed by atoms with Crippen molar-refractivity contribution >= 4 is 0 Å². The third-order valence-electron chi connectivity index (χ3n) is 6.44. The predicted molar refractivity (Wildman–Crippen MR) is 125 cm³/mol. The van der Waals surface area contributed by atoms with Gasteiger partial charge in [0.15, 0.2) is 6.23 Å². The average molecular weight is 448 g/mol. The highest BCUT2D eigenvalue weighted by Gasteiger charge is 2.23. The van der Waals surface area contributed by atoms with Crippen molar-refractivity contribution in [2.24, 2.45) is 0 Å². The largest absolute Gasteiger partial charge is 0.493 e. The number of fused-ring (bicyclic) bond motifs is 1. The number of rotatable bonds is 4. The van der Waals surface area contributed by atoms with Gasteiger partial charge < -0.3 is 14.2 Å². The molecule has 0 radical (unpaired) electrons. The van der Waals surface area contributed by atoms with Crippen molar-refractivity contribution in [3.05, 3.63) is 63.2 Å². The Hall–Kier alpha value is -3.19. The zero-order chi connectivity index (χ0) is 22.9. The monoisotopic (exact) mass is 447 g/mol. The Morgan fingerprint density at radius 2 is 1.97 bits per heavy atom. The summed E-state index contributed by atoms with van der Waals surface area (Å²) in [6.45, 7) is 7.24. The lowest BCUT2D eigenvalue weighted by Gasteiger charge is -2.25. The molecule has 4 heterocycles. The number of nitrogens with zero attached hydrogens (tertiary/aromatic N) is 3. The van der Waals surface area contributed by atoms with Crippen LogP contribution < -0.4 is 15.0 Å². The van der Waals surface area contributed by atoms with Crippen molar-refractivity contribution < 1.29 is 14.2 Å². The molecule has 0 amide bonds. The van der Waals surface area contributed by atoms with E-state index in [0.29, 0.717) is 23.8 Å². The molecule has 1 saturated heterocycles. The summed E-state index contributed by atoms with van der Waals surface area (Å²) in [7, 11) is 0. The first-order valence-corrected chi connectivity index (χ1v) is 11.6. The summed E-state index contributed by atoms with van der Waals surface area (Å²) < 4.78 is 19.2. The standard InChI is InChI=1S/C26H29N3O4/c1-16-15-19(33-25-21-7-6-14-31-22(21)11-12-27-25)9-10-20(16)24-17(2)26(30)29(28-18(24)3)23-8-4-5-13-32-23/h9-12,15,23H,4-8,13-14H2,1-3H3. The van der Waals surface area contributed by atoms with Crippen molar-refractivity contribution in [3.8, 4) is 28.5 Å². The number of hydrogen-bond acceptors (Lipinski definition) is 6. The van der Waals surface area contributed by atoms with Crippen LogP contribution in [0.1, 0.15) is 54.3 Å². The number of aryl methyl sites for hydroxylation is 2. The summed E-state index contributed by atoms with van der Waals surface area (Å²) in [6.07, 6.45) is 6.18. The van der Waals surface area contributed by atoms with Gasteiger partial charge in [-0.25, -0.2) is 9.67 Å². The molecule has 2 aromatic heterocycles. The second kappa shape index (κ2) is 8.98. The van der Waals surface area contributed by atoms with Crippen LogP contribution in [0.15, 0.2) is 35.3 Å². The molecule has 1 aromatic carbocycles. The molecule has 0 saturated carbocycles. The minimum Gasteiger partial charge on any atom is -0.493 e. The second-order valence-corrected chi connectivity index (χ2v) is 8.78. The van der Waals surface area contributed by atoms with E-state index in [-0.39, 0.29) is 11.8 Å². The van der Waals surface area contributed by atoms with Gasteiger partial charge in [0, 0.05) is 23.9 Å². The molecule has 0 bridgehead atoms. The van der Waals surface area contributed by atoms with Gasteiger partial charge in [0.05, 0.1) is 17.9 Å². The molecule has 0 aliphatic carbocycles. The van der Waals surface area contributed by atoms with Crippen LogP contribution in [0.5, 0.6) is 17.4 Å². The molecular formula is C26H29N3O4. The SMILES string of the molecule is Cc1cc(Oc2nccc3c2CCCO3)ccc1-c1c(C)nn(C2CCCCO2)c(=O)c1C. The third kappa shape index (κ3) is 4.13. The molecule has 2 aliphatic rings. The Balaban J connectivity index is 1.47. The molecule has 5 rings (SSSR count). The van der Waals surface area contributed by atoms with Gasteiger partial charge in [-0.1, -0.05) is 6.07 Å². The van der Waals surface area contributed by atoms with Gasteiger partial charge in [0.25, 0.3) is 5.56 Å². The van der Waals surface area contributed by atoms with E-state index in [0.717, 1.165) is 72.4 Å². The van der Waals surface area contributed by atoms with E-state index in [9.17, 15) is 4.79 Å². The highest BCUT2D eigenvalue weighted by Crippen LogP contribution is 2.36. The summed E-state index contributed by atoms with van der Waals surface area (Å²) >= 11 is 0. The van der Waals surface area contributed by atoms with Crippen molar-refractivity contribution in [1.29, 1.82) is 0 Å². The van der Waals surface area contributed by atoms with E-state index in [1.807, 2.05) is 45.0 Å². The van der Waals surface area contributed by atoms with Gasteiger partial charge in [0.2, 0.25) is 5.88 Å². The van der Waals surface area contributed by atoms with E-state index in [4.69, 9.17) is 14.2 Å². The summed E-state index contributed by atoms with van der Waals surface area (Å²) in [5.41, 5.74) is 5.27. The quantitative estimate of drug-likeness (QED) is 0.557. The fourth-order valence-corrected chi connectivity index (χ4v) is 4.75. The zero-order valence-corrected chi connectivity index (χ0v) is 19.4. The lowest BCUT2D eigenvalue weighted by Crippen LogP contribution is -2.33. The molecular weight excluding hydrogens is 418 g/mol. The molecule has 1 atom stereocenters. The van der Waals surface area contributed by atoms with E-state index < -0.39 is 0 Å². The van der Waals surface area contributed by atoms with Crippen molar-refractivity contribution in [1.82, 2.24) is 14.8 Å². The molecule has 2 aliphatic heterocycles. The number of benzene rings is 1. The third-order valence-corrected chi connectivity index (χ3v) is 6.44. The maximum Gasteiger partial charge on any atom is 0.272 e. The molecule has 1 fully saturated rings. The first-order chi connectivity index (χ1) is 16.0. The fraction of sp³-hybridized carbons (Fsp3) is 0.423. The highest BCUT2D eigenvalue weighted by molar-refractivity contribution is 5.72. The molecule has 7 heteroatoms. The Bertz CT molecular complexity index is 1250.